The van der Waals surface area contributed by atoms with Gasteiger partial charge in [0.1, 0.15) is 0 Å². The highest BCUT2D eigenvalue weighted by Gasteiger charge is 2.15. The number of rotatable bonds is 6. The van der Waals surface area contributed by atoms with Gasteiger partial charge < -0.3 is 20.3 Å². The van der Waals surface area contributed by atoms with Gasteiger partial charge in [-0.15, -0.1) is 0 Å². The minimum atomic E-state index is -0.405. The summed E-state index contributed by atoms with van der Waals surface area (Å²) in [7, 11) is 1.98. The lowest BCUT2D eigenvalue weighted by atomic mass is 10.2. The number of likely N-dealkylation sites (tertiary alicyclic amines) is 1. The fourth-order valence-electron chi connectivity index (χ4n) is 2.65. The van der Waals surface area contributed by atoms with Crippen molar-refractivity contribution in [2.45, 2.75) is 32.8 Å². The van der Waals surface area contributed by atoms with Crippen molar-refractivity contribution in [2.24, 2.45) is 0 Å². The Morgan fingerprint density at radius 1 is 1.33 bits per heavy atom. The van der Waals surface area contributed by atoms with Crippen LogP contribution in [0.1, 0.15) is 26.7 Å². The summed E-state index contributed by atoms with van der Waals surface area (Å²) in [5, 5.41) is 0. The molecule has 1 aromatic rings. The molecule has 1 aliphatic heterocycles. The van der Waals surface area contributed by atoms with Crippen LogP contribution in [-0.4, -0.2) is 44.2 Å². The lowest BCUT2D eigenvalue weighted by Gasteiger charge is -2.25. The number of benzene rings is 1. The lowest BCUT2D eigenvalue weighted by molar-refractivity contribution is 0.231. The second-order valence-electron chi connectivity index (χ2n) is 5.98. The van der Waals surface area contributed by atoms with E-state index in [-0.39, 0.29) is 11.9 Å². The third-order valence-corrected chi connectivity index (χ3v) is 3.81. The van der Waals surface area contributed by atoms with Crippen LogP contribution >= 0.6 is 0 Å². The number of ether oxygens (including phenoxy) is 1. The molecule has 0 spiro atoms. The molecule has 0 aromatic heterocycles. The summed E-state index contributed by atoms with van der Waals surface area (Å²) in [6.45, 7) is 7.99. The molecule has 0 atom stereocenters. The van der Waals surface area contributed by atoms with E-state index in [2.05, 4.69) is 9.80 Å². The zero-order valence-electron chi connectivity index (χ0n) is 13.2. The van der Waals surface area contributed by atoms with Crippen LogP contribution in [0.3, 0.4) is 0 Å². The average Bonchev–Trinajstić information content (AvgIpc) is 2.92. The number of likely N-dealkylation sites (N-methyl/N-ethyl adjacent to an activating group) is 1. The molecule has 1 heterocycles. The van der Waals surface area contributed by atoms with Gasteiger partial charge >= 0.3 is 0 Å². The Labute approximate surface area is 126 Å². The Hall–Kier alpha value is -1.49. The Balaban J connectivity index is 2.05. The van der Waals surface area contributed by atoms with E-state index in [4.69, 9.17) is 10.5 Å². The highest BCUT2D eigenvalue weighted by molar-refractivity contribution is 5.69. The standard InChI is InChI=1S/C16H26FN3O/c1-12(2)21-16-11-15(14(18)10-13(16)17)19(3)8-9-20-6-4-5-7-20/h10-12H,4-9,18H2,1-3H3. The largest absolute Gasteiger partial charge is 0.488 e. The van der Waals surface area contributed by atoms with E-state index in [1.165, 1.54) is 32.0 Å². The van der Waals surface area contributed by atoms with Crippen molar-refractivity contribution in [3.05, 3.63) is 17.9 Å². The van der Waals surface area contributed by atoms with Crippen molar-refractivity contribution < 1.29 is 9.13 Å². The second-order valence-corrected chi connectivity index (χ2v) is 5.98. The van der Waals surface area contributed by atoms with E-state index >= 15 is 0 Å². The monoisotopic (exact) mass is 295 g/mol. The van der Waals surface area contributed by atoms with Crippen LogP contribution in [0.4, 0.5) is 15.8 Å². The molecule has 21 heavy (non-hydrogen) atoms. The Bertz CT molecular complexity index is 473. The molecule has 1 aromatic carbocycles. The van der Waals surface area contributed by atoms with Crippen molar-refractivity contribution in [3.8, 4) is 5.75 Å². The van der Waals surface area contributed by atoms with Crippen LogP contribution < -0.4 is 15.4 Å². The van der Waals surface area contributed by atoms with Gasteiger partial charge in [-0.2, -0.15) is 0 Å². The molecule has 2 rings (SSSR count). The quantitative estimate of drug-likeness (QED) is 0.819. The molecule has 1 fully saturated rings. The molecule has 0 amide bonds. The molecule has 4 nitrogen and oxygen atoms in total. The molecule has 0 saturated carbocycles. The van der Waals surface area contributed by atoms with Gasteiger partial charge in [-0.25, -0.2) is 4.39 Å². The van der Waals surface area contributed by atoms with Gasteiger partial charge in [0.2, 0.25) is 0 Å². The number of nitrogen functional groups attached to an aromatic ring is 1. The molecule has 2 N–H and O–H groups in total. The van der Waals surface area contributed by atoms with Crippen molar-refractivity contribution >= 4 is 11.4 Å². The van der Waals surface area contributed by atoms with Gasteiger partial charge in [-0.05, 0) is 39.8 Å². The summed E-state index contributed by atoms with van der Waals surface area (Å²) < 4.78 is 19.4. The number of hydrogen-bond donors (Lipinski definition) is 1. The number of nitrogens with two attached hydrogens (primary N) is 1. The van der Waals surface area contributed by atoms with Crippen molar-refractivity contribution in [3.63, 3.8) is 0 Å². The van der Waals surface area contributed by atoms with E-state index in [1.54, 1.807) is 6.07 Å². The summed E-state index contributed by atoms with van der Waals surface area (Å²) >= 11 is 0. The number of anilines is 2. The summed E-state index contributed by atoms with van der Waals surface area (Å²) in [6, 6.07) is 3.05. The minimum absolute atomic E-state index is 0.0640. The molecule has 1 aliphatic rings. The van der Waals surface area contributed by atoms with Crippen molar-refractivity contribution in [1.29, 1.82) is 0 Å². The Morgan fingerprint density at radius 2 is 2.00 bits per heavy atom. The molecule has 0 aliphatic carbocycles. The van der Waals surface area contributed by atoms with Gasteiger partial charge in [0.05, 0.1) is 17.5 Å². The molecule has 0 bridgehead atoms. The van der Waals surface area contributed by atoms with E-state index < -0.39 is 5.82 Å². The molecule has 0 unspecified atom stereocenters. The molecular weight excluding hydrogens is 269 g/mol. The maximum absolute atomic E-state index is 13.9. The van der Waals surface area contributed by atoms with E-state index in [0.29, 0.717) is 5.69 Å². The zero-order chi connectivity index (χ0) is 15.4. The van der Waals surface area contributed by atoms with Crippen LogP contribution in [0.25, 0.3) is 0 Å². The number of hydrogen-bond acceptors (Lipinski definition) is 4. The highest BCUT2D eigenvalue weighted by atomic mass is 19.1. The van der Waals surface area contributed by atoms with Gasteiger partial charge in [0.25, 0.3) is 0 Å². The first-order valence-electron chi connectivity index (χ1n) is 7.66. The average molecular weight is 295 g/mol. The third-order valence-electron chi connectivity index (χ3n) is 3.81. The van der Waals surface area contributed by atoms with Crippen LogP contribution in [-0.2, 0) is 0 Å². The smallest absolute Gasteiger partial charge is 0.167 e. The first-order valence-corrected chi connectivity index (χ1v) is 7.66. The van der Waals surface area contributed by atoms with E-state index in [1.807, 2.05) is 20.9 Å². The molecule has 0 radical (unpaired) electrons. The van der Waals surface area contributed by atoms with E-state index in [9.17, 15) is 4.39 Å². The fraction of sp³-hybridized carbons (Fsp3) is 0.625. The SMILES string of the molecule is CC(C)Oc1cc(N(C)CCN2CCCC2)c(N)cc1F. The predicted molar refractivity (Wildman–Crippen MR) is 85.5 cm³/mol. The second kappa shape index (κ2) is 6.98. The normalized spacial score (nSPS) is 15.7. The molecule has 5 heteroatoms. The van der Waals surface area contributed by atoms with Crippen molar-refractivity contribution in [1.82, 2.24) is 4.90 Å². The predicted octanol–water partition coefficient (Wildman–Crippen LogP) is 2.73. The van der Waals surface area contributed by atoms with Crippen LogP contribution in [0.15, 0.2) is 12.1 Å². The Morgan fingerprint density at radius 3 is 2.62 bits per heavy atom. The van der Waals surface area contributed by atoms with Crippen molar-refractivity contribution in [2.75, 3.05) is 43.9 Å². The van der Waals surface area contributed by atoms with E-state index in [0.717, 1.165) is 18.8 Å². The van der Waals surface area contributed by atoms with Crippen LogP contribution in [0.5, 0.6) is 5.75 Å². The first kappa shape index (κ1) is 15.9. The highest BCUT2D eigenvalue weighted by Crippen LogP contribution is 2.31. The topological polar surface area (TPSA) is 41.7 Å². The summed E-state index contributed by atoms with van der Waals surface area (Å²) in [6.07, 6.45) is 2.51. The molecule has 118 valence electrons. The number of nitrogens with zero attached hydrogens (tertiary/aromatic N) is 2. The fourth-order valence-corrected chi connectivity index (χ4v) is 2.65. The maximum Gasteiger partial charge on any atom is 0.167 e. The summed E-state index contributed by atoms with van der Waals surface area (Å²) in [5.74, 6) is -0.139. The Kier molecular flexibility index (Phi) is 5.28. The summed E-state index contributed by atoms with van der Waals surface area (Å²) in [5.41, 5.74) is 7.23. The van der Waals surface area contributed by atoms with Crippen LogP contribution in [0, 0.1) is 5.82 Å². The minimum Gasteiger partial charge on any atom is -0.488 e. The third kappa shape index (κ3) is 4.24. The van der Waals surface area contributed by atoms with Gasteiger partial charge in [0.15, 0.2) is 11.6 Å². The number of halogens is 1. The lowest BCUT2D eigenvalue weighted by Crippen LogP contribution is -2.31. The maximum atomic E-state index is 13.9. The summed E-state index contributed by atoms with van der Waals surface area (Å²) in [4.78, 5) is 4.52. The van der Waals surface area contributed by atoms with Gasteiger partial charge in [-0.3, -0.25) is 0 Å². The van der Waals surface area contributed by atoms with Crippen LogP contribution in [0.2, 0.25) is 0 Å². The molecular formula is C16H26FN3O. The van der Waals surface area contributed by atoms with Gasteiger partial charge in [-0.1, -0.05) is 0 Å². The van der Waals surface area contributed by atoms with Gasteiger partial charge in [0, 0.05) is 32.3 Å². The zero-order valence-corrected chi connectivity index (χ0v) is 13.2. The first-order chi connectivity index (χ1) is 9.97. The molecule has 1 saturated heterocycles.